The van der Waals surface area contributed by atoms with Gasteiger partial charge in [-0.3, -0.25) is 9.59 Å². The summed E-state index contributed by atoms with van der Waals surface area (Å²) < 4.78 is 4.53. The number of carbonyl (C=O) groups excluding carboxylic acids is 2. The molecule has 0 spiro atoms. The lowest BCUT2D eigenvalue weighted by atomic mass is 9.93. The van der Waals surface area contributed by atoms with Crippen LogP contribution in [0.4, 0.5) is 0 Å². The highest BCUT2D eigenvalue weighted by Gasteiger charge is 2.14. The number of methoxy groups -OCH3 is 1. The van der Waals surface area contributed by atoms with Crippen molar-refractivity contribution in [3.8, 4) is 0 Å². The average Bonchev–Trinajstić information content (AvgIpc) is 2.45. The fourth-order valence-electron chi connectivity index (χ4n) is 2.07. The number of esters is 1. The first-order chi connectivity index (χ1) is 9.22. The molecule has 2 N–H and O–H groups in total. The lowest BCUT2D eigenvalue weighted by Crippen LogP contribution is -2.30. The van der Waals surface area contributed by atoms with Gasteiger partial charge in [-0.2, -0.15) is 0 Å². The van der Waals surface area contributed by atoms with Crippen molar-refractivity contribution in [2.45, 2.75) is 25.7 Å². The third-order valence-corrected chi connectivity index (χ3v) is 4.19. The standard InChI is InChI=1S/C13H24N2O3S/c1-18-13(17)10-19-9-8-15-12(16)3-2-11-4-6-14-7-5-11/h11,14H,2-10H2,1H3,(H,15,16). The second-order valence-electron chi connectivity index (χ2n) is 4.71. The van der Waals surface area contributed by atoms with Gasteiger partial charge in [0.05, 0.1) is 12.9 Å². The van der Waals surface area contributed by atoms with E-state index in [2.05, 4.69) is 15.4 Å². The zero-order chi connectivity index (χ0) is 13.9. The topological polar surface area (TPSA) is 67.4 Å². The molecule has 0 radical (unpaired) electrons. The van der Waals surface area contributed by atoms with Gasteiger partial charge < -0.3 is 15.4 Å². The summed E-state index contributed by atoms with van der Waals surface area (Å²) in [7, 11) is 1.38. The quantitative estimate of drug-likeness (QED) is 0.510. The van der Waals surface area contributed by atoms with Crippen molar-refractivity contribution < 1.29 is 14.3 Å². The van der Waals surface area contributed by atoms with E-state index in [0.29, 0.717) is 24.6 Å². The summed E-state index contributed by atoms with van der Waals surface area (Å²) in [5.41, 5.74) is 0. The minimum Gasteiger partial charge on any atom is -0.468 e. The zero-order valence-electron chi connectivity index (χ0n) is 11.6. The van der Waals surface area contributed by atoms with E-state index in [1.54, 1.807) is 0 Å². The van der Waals surface area contributed by atoms with Gasteiger partial charge in [-0.25, -0.2) is 0 Å². The molecule has 1 fully saturated rings. The molecule has 0 saturated carbocycles. The van der Waals surface area contributed by atoms with E-state index in [1.807, 2.05) is 0 Å². The Morgan fingerprint density at radius 3 is 2.79 bits per heavy atom. The molecule has 19 heavy (non-hydrogen) atoms. The molecule has 0 bridgehead atoms. The Kier molecular flexibility index (Phi) is 8.66. The van der Waals surface area contributed by atoms with Gasteiger partial charge in [0, 0.05) is 18.7 Å². The summed E-state index contributed by atoms with van der Waals surface area (Å²) in [6.07, 6.45) is 3.97. The number of piperidine rings is 1. The Labute approximate surface area is 119 Å². The largest absolute Gasteiger partial charge is 0.468 e. The Balaban J connectivity index is 1.94. The van der Waals surface area contributed by atoms with Crippen LogP contribution in [0.3, 0.4) is 0 Å². The van der Waals surface area contributed by atoms with Crippen molar-refractivity contribution in [2.75, 3.05) is 38.2 Å². The molecule has 1 rings (SSSR count). The van der Waals surface area contributed by atoms with Gasteiger partial charge in [-0.1, -0.05) is 0 Å². The molecule has 1 heterocycles. The van der Waals surface area contributed by atoms with Gasteiger partial charge in [0.25, 0.3) is 0 Å². The highest BCUT2D eigenvalue weighted by Crippen LogP contribution is 2.17. The van der Waals surface area contributed by atoms with Gasteiger partial charge in [-0.15, -0.1) is 11.8 Å². The summed E-state index contributed by atoms with van der Waals surface area (Å²) in [4.78, 5) is 22.5. The monoisotopic (exact) mass is 288 g/mol. The number of nitrogens with one attached hydrogen (secondary N) is 2. The van der Waals surface area contributed by atoms with E-state index < -0.39 is 0 Å². The average molecular weight is 288 g/mol. The molecule has 1 saturated heterocycles. The Bertz CT molecular complexity index is 281. The summed E-state index contributed by atoms with van der Waals surface area (Å²) >= 11 is 1.48. The second-order valence-corrected chi connectivity index (χ2v) is 5.82. The van der Waals surface area contributed by atoms with Gasteiger partial charge in [0.1, 0.15) is 0 Å². The van der Waals surface area contributed by atoms with Crippen LogP contribution in [0.15, 0.2) is 0 Å². The summed E-state index contributed by atoms with van der Waals surface area (Å²) in [5.74, 6) is 1.69. The molecule has 1 aliphatic heterocycles. The van der Waals surface area contributed by atoms with Crippen LogP contribution >= 0.6 is 11.8 Å². The predicted octanol–water partition coefficient (Wildman–Crippen LogP) is 0.789. The Hall–Kier alpha value is -0.750. The van der Waals surface area contributed by atoms with Crippen molar-refractivity contribution in [1.29, 1.82) is 0 Å². The maximum absolute atomic E-state index is 11.6. The molecule has 0 unspecified atom stereocenters. The van der Waals surface area contributed by atoms with Crippen LogP contribution in [0, 0.1) is 5.92 Å². The van der Waals surface area contributed by atoms with E-state index in [4.69, 9.17) is 0 Å². The van der Waals surface area contributed by atoms with Crippen LogP contribution in [0.25, 0.3) is 0 Å². The second kappa shape index (κ2) is 10.1. The maximum atomic E-state index is 11.6. The maximum Gasteiger partial charge on any atom is 0.315 e. The highest BCUT2D eigenvalue weighted by molar-refractivity contribution is 7.99. The molecular weight excluding hydrogens is 264 g/mol. The molecular formula is C13H24N2O3S. The first-order valence-corrected chi connectivity index (χ1v) is 8.00. The van der Waals surface area contributed by atoms with E-state index >= 15 is 0 Å². The number of carbonyl (C=O) groups is 2. The number of rotatable bonds is 8. The van der Waals surface area contributed by atoms with Crippen molar-refractivity contribution >= 4 is 23.6 Å². The van der Waals surface area contributed by atoms with Crippen LogP contribution < -0.4 is 10.6 Å². The molecule has 6 heteroatoms. The highest BCUT2D eigenvalue weighted by atomic mass is 32.2. The molecule has 0 aromatic heterocycles. The van der Waals surface area contributed by atoms with Crippen LogP contribution in [-0.2, 0) is 14.3 Å². The van der Waals surface area contributed by atoms with E-state index in [9.17, 15) is 9.59 Å². The SMILES string of the molecule is COC(=O)CSCCNC(=O)CCC1CCNCC1. The fraction of sp³-hybridized carbons (Fsp3) is 0.846. The fourth-order valence-corrected chi connectivity index (χ4v) is 2.75. The number of hydrogen-bond donors (Lipinski definition) is 2. The van der Waals surface area contributed by atoms with Crippen molar-refractivity contribution in [2.24, 2.45) is 5.92 Å². The lowest BCUT2D eigenvalue weighted by molar-refractivity contribution is -0.137. The smallest absolute Gasteiger partial charge is 0.315 e. The van der Waals surface area contributed by atoms with E-state index in [-0.39, 0.29) is 11.9 Å². The van der Waals surface area contributed by atoms with Gasteiger partial charge in [-0.05, 0) is 38.3 Å². The lowest BCUT2D eigenvalue weighted by Gasteiger charge is -2.22. The molecule has 5 nitrogen and oxygen atoms in total. The van der Waals surface area contributed by atoms with Gasteiger partial charge in [0.2, 0.25) is 5.91 Å². The third kappa shape index (κ3) is 8.10. The van der Waals surface area contributed by atoms with Crippen LogP contribution in [0.1, 0.15) is 25.7 Å². The minimum atomic E-state index is -0.220. The van der Waals surface area contributed by atoms with Crippen molar-refractivity contribution in [1.82, 2.24) is 10.6 Å². The molecule has 1 aliphatic rings. The van der Waals surface area contributed by atoms with E-state index in [0.717, 1.165) is 25.3 Å². The molecule has 0 atom stereocenters. The predicted molar refractivity (Wildman–Crippen MR) is 77.2 cm³/mol. The normalized spacial score (nSPS) is 16.1. The molecule has 1 amide bonds. The summed E-state index contributed by atoms with van der Waals surface area (Å²) in [6, 6.07) is 0. The van der Waals surface area contributed by atoms with Crippen LogP contribution in [0.5, 0.6) is 0 Å². The molecule has 0 aromatic carbocycles. The number of amides is 1. The van der Waals surface area contributed by atoms with Crippen molar-refractivity contribution in [3.63, 3.8) is 0 Å². The zero-order valence-corrected chi connectivity index (χ0v) is 12.4. The number of ether oxygens (including phenoxy) is 1. The first-order valence-electron chi connectivity index (χ1n) is 6.84. The summed E-state index contributed by atoms with van der Waals surface area (Å²) in [6.45, 7) is 2.78. The minimum absolute atomic E-state index is 0.122. The number of thioether (sulfide) groups is 1. The Morgan fingerprint density at radius 1 is 1.37 bits per heavy atom. The summed E-state index contributed by atoms with van der Waals surface area (Å²) in [5, 5.41) is 6.21. The first kappa shape index (κ1) is 16.3. The van der Waals surface area contributed by atoms with Gasteiger partial charge in [0.15, 0.2) is 0 Å². The molecule has 110 valence electrons. The van der Waals surface area contributed by atoms with Gasteiger partial charge >= 0.3 is 5.97 Å². The van der Waals surface area contributed by atoms with Crippen molar-refractivity contribution in [3.05, 3.63) is 0 Å². The number of hydrogen-bond acceptors (Lipinski definition) is 5. The third-order valence-electron chi connectivity index (χ3n) is 3.25. The van der Waals surface area contributed by atoms with Crippen LogP contribution in [0.2, 0.25) is 0 Å². The molecule has 0 aromatic rings. The van der Waals surface area contributed by atoms with E-state index in [1.165, 1.54) is 31.7 Å². The Morgan fingerprint density at radius 2 is 2.11 bits per heavy atom. The molecule has 0 aliphatic carbocycles. The van der Waals surface area contributed by atoms with Crippen LogP contribution in [-0.4, -0.2) is 50.1 Å².